The molecule has 0 bridgehead atoms. The van der Waals surface area contributed by atoms with Gasteiger partial charge in [0.2, 0.25) is 0 Å². The summed E-state index contributed by atoms with van der Waals surface area (Å²) in [5.74, 6) is 0.713. The van der Waals surface area contributed by atoms with Gasteiger partial charge in [-0.05, 0) is 44.2 Å². The predicted octanol–water partition coefficient (Wildman–Crippen LogP) is 2.92. The molecule has 3 nitrogen and oxygen atoms in total. The highest BCUT2D eigenvalue weighted by atomic mass is 15.3. The van der Waals surface area contributed by atoms with Gasteiger partial charge in [-0.25, -0.2) is 0 Å². The van der Waals surface area contributed by atoms with Crippen LogP contribution in [-0.4, -0.2) is 16.3 Å². The second kappa shape index (κ2) is 5.21. The lowest BCUT2D eigenvalue weighted by Crippen LogP contribution is -2.40. The Labute approximate surface area is 105 Å². The van der Waals surface area contributed by atoms with Crippen molar-refractivity contribution in [2.75, 3.05) is 6.54 Å². The lowest BCUT2D eigenvalue weighted by atomic mass is 9.84. The molecule has 1 aliphatic rings. The van der Waals surface area contributed by atoms with Gasteiger partial charge in [0.1, 0.15) is 0 Å². The normalized spacial score (nSPS) is 24.7. The van der Waals surface area contributed by atoms with E-state index in [1.54, 1.807) is 0 Å². The number of nitrogens with zero attached hydrogens (tertiary/aromatic N) is 2. The predicted molar refractivity (Wildman–Crippen MR) is 70.9 cm³/mol. The van der Waals surface area contributed by atoms with Crippen molar-refractivity contribution in [2.24, 2.45) is 5.92 Å². The van der Waals surface area contributed by atoms with Crippen molar-refractivity contribution in [3.8, 4) is 0 Å². The van der Waals surface area contributed by atoms with Crippen molar-refractivity contribution in [2.45, 2.75) is 58.5 Å². The maximum absolute atomic E-state index is 4.48. The van der Waals surface area contributed by atoms with Crippen LogP contribution in [0.2, 0.25) is 0 Å². The Morgan fingerprint density at radius 2 is 2.35 bits per heavy atom. The summed E-state index contributed by atoms with van der Waals surface area (Å²) in [5.41, 5.74) is 1.57. The lowest BCUT2D eigenvalue weighted by molar-refractivity contribution is 0.287. The van der Waals surface area contributed by atoms with Gasteiger partial charge in [-0.3, -0.25) is 4.68 Å². The average Bonchev–Trinajstić information content (AvgIpc) is 2.87. The standard InChI is InChI=1S/C14H25N3/c1-4-10-17-13(6-9-16-17)14(11-12(2)3)7-5-8-15-14/h6,9,12,15H,4-5,7-8,10-11H2,1-3H3. The highest BCUT2D eigenvalue weighted by Gasteiger charge is 2.38. The van der Waals surface area contributed by atoms with Crippen LogP contribution in [0.15, 0.2) is 12.3 Å². The Balaban J connectivity index is 2.28. The van der Waals surface area contributed by atoms with E-state index in [4.69, 9.17) is 0 Å². The first-order chi connectivity index (χ1) is 8.18. The van der Waals surface area contributed by atoms with Crippen LogP contribution in [0.1, 0.15) is 52.1 Å². The van der Waals surface area contributed by atoms with Crippen molar-refractivity contribution in [1.82, 2.24) is 15.1 Å². The Hall–Kier alpha value is -0.830. The molecule has 17 heavy (non-hydrogen) atoms. The summed E-state index contributed by atoms with van der Waals surface area (Å²) in [7, 11) is 0. The summed E-state index contributed by atoms with van der Waals surface area (Å²) < 4.78 is 2.20. The SMILES string of the molecule is CCCn1nccc1C1(CC(C)C)CCCN1. The van der Waals surface area contributed by atoms with E-state index < -0.39 is 0 Å². The molecule has 1 unspecified atom stereocenters. The third-order valence-electron chi connectivity index (χ3n) is 3.64. The van der Waals surface area contributed by atoms with Crippen molar-refractivity contribution in [1.29, 1.82) is 0 Å². The van der Waals surface area contributed by atoms with Crippen LogP contribution in [0.3, 0.4) is 0 Å². The molecule has 0 radical (unpaired) electrons. The highest BCUT2D eigenvalue weighted by Crippen LogP contribution is 2.36. The van der Waals surface area contributed by atoms with Gasteiger partial charge in [-0.2, -0.15) is 5.10 Å². The van der Waals surface area contributed by atoms with E-state index in [2.05, 4.69) is 41.9 Å². The maximum atomic E-state index is 4.48. The Morgan fingerprint density at radius 1 is 1.53 bits per heavy atom. The lowest BCUT2D eigenvalue weighted by Gasteiger charge is -2.32. The molecular weight excluding hydrogens is 210 g/mol. The van der Waals surface area contributed by atoms with Gasteiger partial charge >= 0.3 is 0 Å². The molecule has 1 aromatic heterocycles. The number of hydrogen-bond acceptors (Lipinski definition) is 2. The quantitative estimate of drug-likeness (QED) is 0.850. The van der Waals surface area contributed by atoms with Crippen LogP contribution in [-0.2, 0) is 12.1 Å². The minimum atomic E-state index is 0.180. The Morgan fingerprint density at radius 3 is 2.94 bits per heavy atom. The number of rotatable bonds is 5. The van der Waals surface area contributed by atoms with Crippen LogP contribution in [0, 0.1) is 5.92 Å². The zero-order valence-corrected chi connectivity index (χ0v) is 11.4. The molecule has 1 aromatic rings. The molecule has 0 saturated carbocycles. The van der Waals surface area contributed by atoms with E-state index >= 15 is 0 Å². The fraction of sp³-hybridized carbons (Fsp3) is 0.786. The fourth-order valence-corrected chi connectivity index (χ4v) is 3.13. The second-order valence-electron chi connectivity index (χ2n) is 5.65. The Kier molecular flexibility index (Phi) is 3.87. The van der Waals surface area contributed by atoms with Crippen LogP contribution in [0.4, 0.5) is 0 Å². The average molecular weight is 235 g/mol. The minimum Gasteiger partial charge on any atom is -0.306 e. The van der Waals surface area contributed by atoms with Gasteiger partial charge in [0, 0.05) is 12.7 Å². The zero-order chi connectivity index (χ0) is 12.3. The van der Waals surface area contributed by atoms with Gasteiger partial charge in [-0.1, -0.05) is 20.8 Å². The van der Waals surface area contributed by atoms with Crippen molar-refractivity contribution in [3.05, 3.63) is 18.0 Å². The van der Waals surface area contributed by atoms with E-state index in [9.17, 15) is 0 Å². The molecule has 1 aliphatic heterocycles. The maximum Gasteiger partial charge on any atom is 0.0608 e. The highest BCUT2D eigenvalue weighted by molar-refractivity contribution is 5.17. The first-order valence-electron chi connectivity index (χ1n) is 6.95. The number of nitrogens with one attached hydrogen (secondary N) is 1. The molecule has 2 heterocycles. The van der Waals surface area contributed by atoms with Crippen LogP contribution in [0.5, 0.6) is 0 Å². The van der Waals surface area contributed by atoms with Gasteiger partial charge in [0.25, 0.3) is 0 Å². The largest absolute Gasteiger partial charge is 0.306 e. The summed E-state index contributed by atoms with van der Waals surface area (Å²) >= 11 is 0. The van der Waals surface area contributed by atoms with Crippen molar-refractivity contribution >= 4 is 0 Å². The molecule has 2 rings (SSSR count). The molecule has 96 valence electrons. The Bertz CT molecular complexity index is 348. The van der Waals surface area contributed by atoms with E-state index in [1.165, 1.54) is 25.0 Å². The monoisotopic (exact) mass is 235 g/mol. The van der Waals surface area contributed by atoms with E-state index in [0.717, 1.165) is 19.5 Å². The summed E-state index contributed by atoms with van der Waals surface area (Å²) in [6, 6.07) is 2.20. The van der Waals surface area contributed by atoms with Gasteiger partial charge in [0.15, 0.2) is 0 Å². The van der Waals surface area contributed by atoms with Crippen molar-refractivity contribution < 1.29 is 0 Å². The third-order valence-corrected chi connectivity index (χ3v) is 3.64. The smallest absolute Gasteiger partial charge is 0.0608 e. The van der Waals surface area contributed by atoms with Crippen molar-refractivity contribution in [3.63, 3.8) is 0 Å². The minimum absolute atomic E-state index is 0.180. The van der Waals surface area contributed by atoms with Gasteiger partial charge < -0.3 is 5.32 Å². The molecule has 1 atom stereocenters. The first-order valence-corrected chi connectivity index (χ1v) is 6.95. The summed E-state index contributed by atoms with van der Waals surface area (Å²) in [4.78, 5) is 0. The summed E-state index contributed by atoms with van der Waals surface area (Å²) in [5, 5.41) is 8.22. The van der Waals surface area contributed by atoms with E-state index in [0.29, 0.717) is 5.92 Å². The van der Waals surface area contributed by atoms with Gasteiger partial charge in [-0.15, -0.1) is 0 Å². The summed E-state index contributed by atoms with van der Waals surface area (Å²) in [6.45, 7) is 9.00. The molecule has 0 aromatic carbocycles. The molecular formula is C14H25N3. The zero-order valence-electron chi connectivity index (χ0n) is 11.4. The van der Waals surface area contributed by atoms with Crippen LogP contribution < -0.4 is 5.32 Å². The second-order valence-corrected chi connectivity index (χ2v) is 5.65. The van der Waals surface area contributed by atoms with Crippen LogP contribution >= 0.6 is 0 Å². The number of aromatic nitrogens is 2. The first kappa shape index (κ1) is 12.6. The molecule has 0 spiro atoms. The summed E-state index contributed by atoms with van der Waals surface area (Å²) in [6.07, 6.45) is 6.84. The molecule has 1 saturated heterocycles. The molecule has 3 heteroatoms. The molecule has 0 amide bonds. The topological polar surface area (TPSA) is 29.9 Å². The third kappa shape index (κ3) is 2.54. The fourth-order valence-electron chi connectivity index (χ4n) is 3.13. The van der Waals surface area contributed by atoms with E-state index in [1.807, 2.05) is 6.20 Å². The van der Waals surface area contributed by atoms with Crippen LogP contribution in [0.25, 0.3) is 0 Å². The molecule has 0 aliphatic carbocycles. The number of hydrogen-bond donors (Lipinski definition) is 1. The van der Waals surface area contributed by atoms with E-state index in [-0.39, 0.29) is 5.54 Å². The number of aryl methyl sites for hydroxylation is 1. The van der Waals surface area contributed by atoms with Gasteiger partial charge in [0.05, 0.1) is 11.2 Å². The molecule has 1 N–H and O–H groups in total. The molecule has 1 fully saturated rings.